The summed E-state index contributed by atoms with van der Waals surface area (Å²) >= 11 is 0. The maximum atomic E-state index is 5.75. The Morgan fingerprint density at radius 3 is 2.38 bits per heavy atom. The van der Waals surface area contributed by atoms with Gasteiger partial charge < -0.3 is 4.74 Å². The van der Waals surface area contributed by atoms with E-state index in [1.165, 1.54) is 0 Å². The van der Waals surface area contributed by atoms with E-state index in [0.29, 0.717) is 6.61 Å². The highest BCUT2D eigenvalue weighted by molar-refractivity contribution is 5.69. The molecule has 0 aliphatic carbocycles. The second-order valence-electron chi connectivity index (χ2n) is 5.32. The van der Waals surface area contributed by atoms with E-state index >= 15 is 0 Å². The first-order valence-corrected chi connectivity index (χ1v) is 7.93. The number of nitrogens with zero attached hydrogens (tertiary/aromatic N) is 4. The number of pyridine rings is 1. The summed E-state index contributed by atoms with van der Waals surface area (Å²) in [4.78, 5) is 4.01. The first kappa shape index (κ1) is 15.9. The van der Waals surface area contributed by atoms with Crippen molar-refractivity contribution in [1.29, 1.82) is 0 Å². The predicted octanol–water partition coefficient (Wildman–Crippen LogP) is 3.17. The highest BCUT2D eigenvalue weighted by Gasteiger charge is 1.98. The van der Waals surface area contributed by atoms with Crippen LogP contribution in [0.4, 0.5) is 0 Å². The standard InChI is InChI=1S/C18H19N5O/c1(3-18-20-22-23-21-18)2-14-24-17-8-6-15(7-9-17)4-5-16-10-12-19-13-11-16/h4-13H,1-3,14H2,(H,20,21,22,23)/b5-4+. The van der Waals surface area contributed by atoms with Crippen LogP contribution in [0.3, 0.4) is 0 Å². The molecule has 122 valence electrons. The molecule has 3 aromatic rings. The molecule has 6 nitrogen and oxygen atoms in total. The largest absolute Gasteiger partial charge is 0.494 e. The minimum Gasteiger partial charge on any atom is -0.494 e. The maximum absolute atomic E-state index is 5.75. The summed E-state index contributed by atoms with van der Waals surface area (Å²) in [6.45, 7) is 0.685. The average molecular weight is 321 g/mol. The van der Waals surface area contributed by atoms with Crippen molar-refractivity contribution in [3.8, 4) is 5.75 Å². The summed E-state index contributed by atoms with van der Waals surface area (Å²) < 4.78 is 5.75. The van der Waals surface area contributed by atoms with Crippen molar-refractivity contribution in [2.24, 2.45) is 0 Å². The third-order valence-electron chi connectivity index (χ3n) is 3.51. The topological polar surface area (TPSA) is 76.6 Å². The zero-order chi connectivity index (χ0) is 16.5. The van der Waals surface area contributed by atoms with Crippen LogP contribution in [0.2, 0.25) is 0 Å². The normalized spacial score (nSPS) is 11.0. The van der Waals surface area contributed by atoms with Crippen LogP contribution in [0.25, 0.3) is 12.2 Å². The predicted molar refractivity (Wildman–Crippen MR) is 92.2 cm³/mol. The minimum absolute atomic E-state index is 0.685. The lowest BCUT2D eigenvalue weighted by atomic mass is 10.1. The van der Waals surface area contributed by atoms with Crippen LogP contribution in [-0.4, -0.2) is 32.2 Å². The number of nitrogens with one attached hydrogen (secondary N) is 1. The summed E-state index contributed by atoms with van der Waals surface area (Å²) in [5, 5.41) is 13.8. The lowest BCUT2D eigenvalue weighted by molar-refractivity contribution is 0.306. The van der Waals surface area contributed by atoms with E-state index in [1.54, 1.807) is 12.4 Å². The Hall–Kier alpha value is -3.02. The van der Waals surface area contributed by atoms with Gasteiger partial charge in [-0.3, -0.25) is 4.98 Å². The van der Waals surface area contributed by atoms with Gasteiger partial charge in [-0.05, 0) is 48.2 Å². The summed E-state index contributed by atoms with van der Waals surface area (Å²) in [6, 6.07) is 12.0. The third kappa shape index (κ3) is 5.01. The molecule has 0 radical (unpaired) electrons. The number of ether oxygens (including phenoxy) is 1. The highest BCUT2D eigenvalue weighted by atomic mass is 16.5. The van der Waals surface area contributed by atoms with Crippen LogP contribution in [0.1, 0.15) is 29.8 Å². The zero-order valence-corrected chi connectivity index (χ0v) is 13.3. The number of tetrazole rings is 1. The van der Waals surface area contributed by atoms with Crippen molar-refractivity contribution in [3.63, 3.8) is 0 Å². The SMILES string of the molecule is C(=C\c1ccc(OCCCCc2nn[nH]n2)cc1)/c1ccncc1. The number of H-pyrrole nitrogens is 1. The monoisotopic (exact) mass is 321 g/mol. The first-order chi connectivity index (χ1) is 11.9. The van der Waals surface area contributed by atoms with Crippen LogP contribution in [0.15, 0.2) is 48.8 Å². The Morgan fingerprint density at radius 1 is 0.917 bits per heavy atom. The zero-order valence-electron chi connectivity index (χ0n) is 13.3. The van der Waals surface area contributed by atoms with E-state index in [0.717, 1.165) is 42.0 Å². The molecule has 0 fully saturated rings. The van der Waals surface area contributed by atoms with Gasteiger partial charge in [0, 0.05) is 18.8 Å². The number of hydrogen-bond donors (Lipinski definition) is 1. The van der Waals surface area contributed by atoms with Gasteiger partial charge in [0.2, 0.25) is 0 Å². The summed E-state index contributed by atoms with van der Waals surface area (Å²) in [5.41, 5.74) is 2.27. The van der Waals surface area contributed by atoms with Crippen molar-refractivity contribution in [1.82, 2.24) is 25.6 Å². The Kier molecular flexibility index (Phi) is 5.66. The molecule has 0 aliphatic heterocycles. The van der Waals surface area contributed by atoms with Crippen molar-refractivity contribution in [2.75, 3.05) is 6.61 Å². The molecule has 2 aromatic heterocycles. The van der Waals surface area contributed by atoms with Gasteiger partial charge in [0.05, 0.1) is 6.61 Å². The first-order valence-electron chi connectivity index (χ1n) is 7.93. The number of hydrogen-bond acceptors (Lipinski definition) is 5. The number of aromatic nitrogens is 5. The van der Waals surface area contributed by atoms with Gasteiger partial charge in [-0.1, -0.05) is 29.5 Å². The van der Waals surface area contributed by atoms with Crippen LogP contribution in [0.5, 0.6) is 5.75 Å². The molecular weight excluding hydrogens is 302 g/mol. The van der Waals surface area contributed by atoms with Gasteiger partial charge in [-0.2, -0.15) is 5.21 Å². The molecule has 0 saturated carbocycles. The van der Waals surface area contributed by atoms with Gasteiger partial charge in [-0.15, -0.1) is 10.2 Å². The number of unbranched alkanes of at least 4 members (excludes halogenated alkanes) is 1. The maximum Gasteiger partial charge on any atom is 0.174 e. The molecule has 0 spiro atoms. The lowest BCUT2D eigenvalue weighted by Gasteiger charge is -2.05. The van der Waals surface area contributed by atoms with Crippen molar-refractivity contribution >= 4 is 12.2 Å². The molecule has 1 aromatic carbocycles. The molecule has 0 aliphatic rings. The van der Waals surface area contributed by atoms with E-state index < -0.39 is 0 Å². The molecule has 6 heteroatoms. The average Bonchev–Trinajstić information content (AvgIpc) is 3.15. The molecule has 2 heterocycles. The van der Waals surface area contributed by atoms with Crippen molar-refractivity contribution in [3.05, 3.63) is 65.7 Å². The van der Waals surface area contributed by atoms with E-state index in [1.807, 2.05) is 36.4 Å². The molecule has 0 saturated heterocycles. The van der Waals surface area contributed by atoms with Crippen LogP contribution in [-0.2, 0) is 6.42 Å². The molecule has 1 N–H and O–H groups in total. The minimum atomic E-state index is 0.685. The van der Waals surface area contributed by atoms with Gasteiger partial charge in [0.1, 0.15) is 5.75 Å². The molecule has 0 unspecified atom stereocenters. The number of benzene rings is 1. The Bertz CT molecular complexity index is 739. The van der Waals surface area contributed by atoms with Gasteiger partial charge >= 0.3 is 0 Å². The van der Waals surface area contributed by atoms with Crippen molar-refractivity contribution in [2.45, 2.75) is 19.3 Å². The fraction of sp³-hybridized carbons (Fsp3) is 0.222. The molecule has 0 atom stereocenters. The van der Waals surface area contributed by atoms with E-state index in [4.69, 9.17) is 4.74 Å². The summed E-state index contributed by atoms with van der Waals surface area (Å²) in [7, 11) is 0. The fourth-order valence-electron chi connectivity index (χ4n) is 2.21. The van der Waals surface area contributed by atoms with Crippen LogP contribution in [0, 0.1) is 0 Å². The molecular formula is C18H19N5O. The second-order valence-corrected chi connectivity index (χ2v) is 5.32. The molecule has 24 heavy (non-hydrogen) atoms. The van der Waals surface area contributed by atoms with Crippen LogP contribution >= 0.6 is 0 Å². The van der Waals surface area contributed by atoms with E-state index in [2.05, 4.69) is 37.8 Å². The number of aromatic amines is 1. The summed E-state index contributed by atoms with van der Waals surface area (Å²) in [5.74, 6) is 1.64. The fourth-order valence-corrected chi connectivity index (χ4v) is 2.21. The lowest BCUT2D eigenvalue weighted by Crippen LogP contribution is -1.99. The second kappa shape index (κ2) is 8.57. The van der Waals surface area contributed by atoms with Gasteiger partial charge in [-0.25, -0.2) is 0 Å². The Balaban J connectivity index is 1.40. The Morgan fingerprint density at radius 2 is 1.67 bits per heavy atom. The Labute approximate surface area is 140 Å². The smallest absolute Gasteiger partial charge is 0.174 e. The number of aryl methyl sites for hydroxylation is 1. The van der Waals surface area contributed by atoms with Gasteiger partial charge in [0.25, 0.3) is 0 Å². The summed E-state index contributed by atoms with van der Waals surface area (Å²) in [6.07, 6.45) is 10.5. The van der Waals surface area contributed by atoms with E-state index in [9.17, 15) is 0 Å². The van der Waals surface area contributed by atoms with Crippen molar-refractivity contribution < 1.29 is 4.74 Å². The highest BCUT2D eigenvalue weighted by Crippen LogP contribution is 2.15. The third-order valence-corrected chi connectivity index (χ3v) is 3.51. The molecule has 0 bridgehead atoms. The molecule has 0 amide bonds. The number of rotatable bonds is 8. The van der Waals surface area contributed by atoms with E-state index in [-0.39, 0.29) is 0 Å². The van der Waals surface area contributed by atoms with Gasteiger partial charge in [0.15, 0.2) is 5.82 Å². The van der Waals surface area contributed by atoms with Crippen LogP contribution < -0.4 is 4.74 Å². The molecule has 3 rings (SSSR count). The quantitative estimate of drug-likeness (QED) is 0.645.